The number of amides is 1. The summed E-state index contributed by atoms with van der Waals surface area (Å²) in [5.41, 5.74) is 3.45. The van der Waals surface area contributed by atoms with Gasteiger partial charge in [0.05, 0.1) is 5.56 Å². The lowest BCUT2D eigenvalue weighted by atomic mass is 10.1. The molecule has 126 valence electrons. The molecule has 0 saturated carbocycles. The molecule has 0 saturated heterocycles. The minimum absolute atomic E-state index is 0.301. The molecular weight excluding hydrogens is 302 g/mol. The Morgan fingerprint density at radius 1 is 1.00 bits per heavy atom. The molecule has 4 nitrogen and oxygen atoms in total. The maximum Gasteiger partial charge on any atom is 0.338 e. The van der Waals surface area contributed by atoms with Crippen molar-refractivity contribution in [3.8, 4) is 0 Å². The molecule has 2 aromatic carbocycles. The molecule has 1 N–H and O–H groups in total. The topological polar surface area (TPSA) is 55.4 Å². The molecule has 0 radical (unpaired) electrons. The van der Waals surface area contributed by atoms with E-state index < -0.39 is 5.97 Å². The van der Waals surface area contributed by atoms with E-state index in [4.69, 9.17) is 4.74 Å². The molecule has 0 aliphatic carbocycles. The molecular formula is C20H23NO3. The Labute approximate surface area is 142 Å². The summed E-state index contributed by atoms with van der Waals surface area (Å²) in [5, 5.41) is 2.73. The fraction of sp³-hybridized carbons (Fsp3) is 0.300. The lowest BCUT2D eigenvalue weighted by Gasteiger charge is -2.08. The number of hydrogen-bond donors (Lipinski definition) is 1. The normalized spacial score (nSPS) is 10.2. The SMILES string of the molecule is CCCCc1ccc(NC(=O)COC(=O)c2ccc(C)cc2)cc1. The Balaban J connectivity index is 1.80. The summed E-state index contributed by atoms with van der Waals surface area (Å²) in [6, 6.07) is 14.8. The quantitative estimate of drug-likeness (QED) is 0.779. The van der Waals surface area contributed by atoms with Gasteiger partial charge in [0.15, 0.2) is 6.61 Å². The molecule has 0 atom stereocenters. The molecule has 0 spiro atoms. The summed E-state index contributed by atoms with van der Waals surface area (Å²) in [6.45, 7) is 3.80. The molecule has 4 heteroatoms. The van der Waals surface area contributed by atoms with Crippen LogP contribution in [0.1, 0.15) is 41.3 Å². The van der Waals surface area contributed by atoms with Gasteiger partial charge < -0.3 is 10.1 Å². The molecule has 0 aliphatic heterocycles. The Kier molecular flexibility index (Phi) is 6.55. The third kappa shape index (κ3) is 5.54. The first kappa shape index (κ1) is 17.7. The van der Waals surface area contributed by atoms with Gasteiger partial charge in [-0.25, -0.2) is 4.79 Å². The molecule has 0 unspecified atom stereocenters. The number of carbonyl (C=O) groups is 2. The van der Waals surface area contributed by atoms with Gasteiger partial charge in [0.25, 0.3) is 5.91 Å². The Morgan fingerprint density at radius 3 is 2.29 bits per heavy atom. The molecule has 2 aromatic rings. The van der Waals surface area contributed by atoms with Gasteiger partial charge in [-0.1, -0.05) is 43.2 Å². The van der Waals surface area contributed by atoms with Gasteiger partial charge in [-0.15, -0.1) is 0 Å². The molecule has 0 aromatic heterocycles. The minimum Gasteiger partial charge on any atom is -0.452 e. The lowest BCUT2D eigenvalue weighted by molar-refractivity contribution is -0.119. The second kappa shape index (κ2) is 8.87. The van der Waals surface area contributed by atoms with Crippen LogP contribution >= 0.6 is 0 Å². The highest BCUT2D eigenvalue weighted by Gasteiger charge is 2.10. The third-order valence-electron chi connectivity index (χ3n) is 3.68. The first-order chi connectivity index (χ1) is 11.6. The zero-order valence-electron chi connectivity index (χ0n) is 14.2. The number of carbonyl (C=O) groups excluding carboxylic acids is 2. The number of esters is 1. The molecule has 1 amide bonds. The predicted octanol–water partition coefficient (Wildman–Crippen LogP) is 4.13. The van der Waals surface area contributed by atoms with Crippen LogP contribution in [0.3, 0.4) is 0 Å². The van der Waals surface area contributed by atoms with Crippen molar-refractivity contribution in [1.29, 1.82) is 0 Å². The first-order valence-corrected chi connectivity index (χ1v) is 8.21. The van der Waals surface area contributed by atoms with E-state index in [0.717, 1.165) is 24.8 Å². The van der Waals surface area contributed by atoms with Crippen molar-refractivity contribution < 1.29 is 14.3 Å². The molecule has 0 aliphatic rings. The monoisotopic (exact) mass is 325 g/mol. The summed E-state index contributed by atoms with van der Waals surface area (Å²) in [6.07, 6.45) is 3.35. The van der Waals surface area contributed by atoms with Crippen molar-refractivity contribution in [3.05, 3.63) is 65.2 Å². The Morgan fingerprint density at radius 2 is 1.67 bits per heavy atom. The molecule has 0 heterocycles. The van der Waals surface area contributed by atoms with E-state index in [-0.39, 0.29) is 12.5 Å². The largest absolute Gasteiger partial charge is 0.452 e. The van der Waals surface area contributed by atoms with Crippen LogP contribution in [0.4, 0.5) is 5.69 Å². The van der Waals surface area contributed by atoms with Crippen molar-refractivity contribution in [2.45, 2.75) is 33.1 Å². The zero-order chi connectivity index (χ0) is 17.4. The summed E-state index contributed by atoms with van der Waals surface area (Å²) >= 11 is 0. The van der Waals surface area contributed by atoms with E-state index in [2.05, 4.69) is 12.2 Å². The maximum absolute atomic E-state index is 11.9. The van der Waals surface area contributed by atoms with Gasteiger partial charge in [-0.2, -0.15) is 0 Å². The van der Waals surface area contributed by atoms with Crippen molar-refractivity contribution in [2.24, 2.45) is 0 Å². The van der Waals surface area contributed by atoms with Crippen molar-refractivity contribution in [2.75, 3.05) is 11.9 Å². The maximum atomic E-state index is 11.9. The minimum atomic E-state index is -0.500. The summed E-state index contributed by atoms with van der Waals surface area (Å²) < 4.78 is 5.03. The summed E-state index contributed by atoms with van der Waals surface area (Å²) in [5.74, 6) is -0.850. The average Bonchev–Trinajstić information content (AvgIpc) is 2.59. The second-order valence-electron chi connectivity index (χ2n) is 5.79. The van der Waals surface area contributed by atoms with Crippen LogP contribution in [-0.2, 0) is 16.0 Å². The van der Waals surface area contributed by atoms with Crippen molar-refractivity contribution in [1.82, 2.24) is 0 Å². The third-order valence-corrected chi connectivity index (χ3v) is 3.68. The zero-order valence-corrected chi connectivity index (χ0v) is 14.2. The number of aryl methyl sites for hydroxylation is 2. The number of benzene rings is 2. The van der Waals surface area contributed by atoms with Crippen LogP contribution in [0.2, 0.25) is 0 Å². The Hall–Kier alpha value is -2.62. The van der Waals surface area contributed by atoms with Crippen LogP contribution in [0.5, 0.6) is 0 Å². The number of anilines is 1. The van der Waals surface area contributed by atoms with E-state index in [1.165, 1.54) is 5.56 Å². The fourth-order valence-corrected chi connectivity index (χ4v) is 2.24. The van der Waals surface area contributed by atoms with E-state index in [0.29, 0.717) is 11.3 Å². The van der Waals surface area contributed by atoms with Crippen LogP contribution in [0, 0.1) is 6.92 Å². The van der Waals surface area contributed by atoms with Gasteiger partial charge in [0, 0.05) is 5.69 Å². The van der Waals surface area contributed by atoms with E-state index in [9.17, 15) is 9.59 Å². The average molecular weight is 325 g/mol. The molecule has 2 rings (SSSR count). The van der Waals surface area contributed by atoms with Gasteiger partial charge in [0.2, 0.25) is 0 Å². The summed E-state index contributed by atoms with van der Waals surface area (Å²) in [7, 11) is 0. The fourth-order valence-electron chi connectivity index (χ4n) is 2.24. The molecule has 24 heavy (non-hydrogen) atoms. The van der Waals surface area contributed by atoms with E-state index >= 15 is 0 Å². The van der Waals surface area contributed by atoms with Gasteiger partial charge in [-0.3, -0.25) is 4.79 Å². The van der Waals surface area contributed by atoms with Crippen LogP contribution in [-0.4, -0.2) is 18.5 Å². The van der Waals surface area contributed by atoms with Crippen LogP contribution in [0.25, 0.3) is 0 Å². The standard InChI is InChI=1S/C20H23NO3/c1-3-4-5-16-8-12-18(13-9-16)21-19(22)14-24-20(23)17-10-6-15(2)7-11-17/h6-13H,3-5,14H2,1-2H3,(H,21,22). The number of ether oxygens (including phenoxy) is 1. The van der Waals surface area contributed by atoms with E-state index in [1.54, 1.807) is 12.1 Å². The van der Waals surface area contributed by atoms with Crippen LogP contribution < -0.4 is 5.32 Å². The summed E-state index contributed by atoms with van der Waals surface area (Å²) in [4.78, 5) is 23.7. The molecule has 0 fully saturated rings. The van der Waals surface area contributed by atoms with Crippen molar-refractivity contribution in [3.63, 3.8) is 0 Å². The smallest absolute Gasteiger partial charge is 0.338 e. The van der Waals surface area contributed by atoms with Crippen molar-refractivity contribution >= 4 is 17.6 Å². The van der Waals surface area contributed by atoms with Gasteiger partial charge >= 0.3 is 5.97 Å². The highest BCUT2D eigenvalue weighted by atomic mass is 16.5. The highest BCUT2D eigenvalue weighted by molar-refractivity contribution is 5.95. The second-order valence-corrected chi connectivity index (χ2v) is 5.79. The van der Waals surface area contributed by atoms with Gasteiger partial charge in [-0.05, 0) is 49.6 Å². The Bertz CT molecular complexity index is 675. The molecule has 0 bridgehead atoms. The highest BCUT2D eigenvalue weighted by Crippen LogP contribution is 2.12. The number of nitrogens with one attached hydrogen (secondary N) is 1. The number of rotatable bonds is 7. The predicted molar refractivity (Wildman–Crippen MR) is 95.1 cm³/mol. The van der Waals surface area contributed by atoms with Gasteiger partial charge in [0.1, 0.15) is 0 Å². The van der Waals surface area contributed by atoms with Crippen LogP contribution in [0.15, 0.2) is 48.5 Å². The number of unbranched alkanes of at least 4 members (excludes halogenated alkanes) is 1. The first-order valence-electron chi connectivity index (χ1n) is 8.21. The van der Waals surface area contributed by atoms with E-state index in [1.807, 2.05) is 43.3 Å². The lowest BCUT2D eigenvalue weighted by Crippen LogP contribution is -2.20. The number of hydrogen-bond acceptors (Lipinski definition) is 3.